The molecule has 3 heterocycles. The van der Waals surface area contributed by atoms with Crippen molar-refractivity contribution in [2.24, 2.45) is 0 Å². The highest BCUT2D eigenvalue weighted by atomic mass is 35.5. The highest BCUT2D eigenvalue weighted by Crippen LogP contribution is 2.32. The van der Waals surface area contributed by atoms with E-state index in [1.54, 1.807) is 24.4 Å². The van der Waals surface area contributed by atoms with Crippen molar-refractivity contribution in [2.75, 3.05) is 25.0 Å². The largest absolute Gasteiger partial charge is 0.457 e. The lowest BCUT2D eigenvalue weighted by Crippen LogP contribution is -2.42. The number of hydrogen-bond acceptors (Lipinski definition) is 7. The zero-order valence-corrected chi connectivity index (χ0v) is 22.5. The van der Waals surface area contributed by atoms with Crippen molar-refractivity contribution in [3.05, 3.63) is 77.2 Å². The smallest absolute Gasteiger partial charge is 0.196 e. The summed E-state index contributed by atoms with van der Waals surface area (Å²) in [6.45, 7) is 3.00. The van der Waals surface area contributed by atoms with Gasteiger partial charge >= 0.3 is 0 Å². The third-order valence-corrected chi connectivity index (χ3v) is 7.33. The van der Waals surface area contributed by atoms with Crippen LogP contribution in [0.1, 0.15) is 54.4 Å². The Hall–Kier alpha value is -3.75. The number of benzene rings is 2. The fraction of sp³-hybridized carbons (Fsp3) is 0.333. The molecule has 1 aliphatic heterocycles. The molecule has 0 amide bonds. The summed E-state index contributed by atoms with van der Waals surface area (Å²) in [5.74, 6) is 1.67. The van der Waals surface area contributed by atoms with Crippen molar-refractivity contribution >= 4 is 40.5 Å². The second kappa shape index (κ2) is 12.9. The van der Waals surface area contributed by atoms with Crippen molar-refractivity contribution in [3.63, 3.8) is 0 Å². The van der Waals surface area contributed by atoms with Crippen molar-refractivity contribution in [2.45, 2.75) is 44.6 Å². The molecule has 9 heteroatoms. The molecule has 0 aliphatic carbocycles. The van der Waals surface area contributed by atoms with Gasteiger partial charge in [-0.15, -0.1) is 0 Å². The summed E-state index contributed by atoms with van der Waals surface area (Å²) >= 11 is 6.56. The molecule has 1 aliphatic rings. The van der Waals surface area contributed by atoms with E-state index in [4.69, 9.17) is 16.3 Å². The molecule has 2 aromatic heterocycles. The van der Waals surface area contributed by atoms with Crippen LogP contribution in [-0.4, -0.2) is 57.6 Å². The average molecular weight is 546 g/mol. The van der Waals surface area contributed by atoms with Gasteiger partial charge in [0.25, 0.3) is 0 Å². The lowest BCUT2D eigenvalue weighted by molar-refractivity contribution is -0.107. The van der Waals surface area contributed by atoms with Crippen LogP contribution in [0, 0.1) is 0 Å². The fourth-order valence-electron chi connectivity index (χ4n) is 5.07. The molecule has 8 nitrogen and oxygen atoms in total. The van der Waals surface area contributed by atoms with Crippen LogP contribution in [0.5, 0.6) is 11.5 Å². The molecule has 4 aromatic rings. The number of aromatic amines is 1. The van der Waals surface area contributed by atoms with Crippen molar-refractivity contribution in [3.8, 4) is 11.5 Å². The molecule has 2 N–H and O–H groups in total. The average Bonchev–Trinajstić information content (AvgIpc) is 3.39. The van der Waals surface area contributed by atoms with Crippen LogP contribution >= 0.6 is 11.6 Å². The zero-order chi connectivity index (χ0) is 27.0. The molecule has 39 heavy (non-hydrogen) atoms. The number of rotatable bonds is 12. The molecule has 0 radical (unpaired) electrons. The Balaban J connectivity index is 1.30. The lowest BCUT2D eigenvalue weighted by Gasteiger charge is -2.33. The quantitative estimate of drug-likeness (QED) is 0.123. The minimum absolute atomic E-state index is 0.211. The van der Waals surface area contributed by atoms with Gasteiger partial charge in [-0.2, -0.15) is 0 Å². The Morgan fingerprint density at radius 1 is 1.10 bits per heavy atom. The predicted molar refractivity (Wildman–Crippen MR) is 153 cm³/mol. The van der Waals surface area contributed by atoms with Gasteiger partial charge in [-0.05, 0) is 63.0 Å². The highest BCUT2D eigenvalue weighted by Gasteiger charge is 2.24. The maximum absolute atomic E-state index is 13.6. The number of carbonyl (C=O) groups is 2. The molecule has 0 saturated carbocycles. The van der Waals surface area contributed by atoms with Crippen LogP contribution in [0.15, 0.2) is 61.1 Å². The number of anilines is 1. The van der Waals surface area contributed by atoms with Crippen LogP contribution in [0.25, 0.3) is 11.0 Å². The summed E-state index contributed by atoms with van der Waals surface area (Å²) < 4.78 is 5.86. The minimum atomic E-state index is -0.212. The van der Waals surface area contributed by atoms with Crippen molar-refractivity contribution < 1.29 is 14.3 Å². The predicted octanol–water partition coefficient (Wildman–Crippen LogP) is 6.27. The monoisotopic (exact) mass is 545 g/mol. The number of nitrogens with zero attached hydrogens (tertiary/aromatic N) is 3. The topological polar surface area (TPSA) is 100 Å². The van der Waals surface area contributed by atoms with E-state index in [2.05, 4.69) is 25.2 Å². The van der Waals surface area contributed by atoms with Gasteiger partial charge < -0.3 is 24.7 Å². The summed E-state index contributed by atoms with van der Waals surface area (Å²) in [5.41, 5.74) is 1.44. The SMILES string of the molecule is O=CCCCCCN1CCCC(Nc2ncnc3[nH]cc(C(=O)c4ccc(Oc5ccccc5)cc4Cl)c23)C1. The van der Waals surface area contributed by atoms with Gasteiger partial charge in [0.1, 0.15) is 35.6 Å². The standard InChI is InChI=1S/C30H32ClN5O3/c31-26-17-23(39-22-10-4-3-5-11-22)12-13-24(26)28(38)25-18-32-29-27(25)30(34-20-33-29)35-21-9-8-15-36(19-21)14-6-1-2-7-16-37/h3-5,10-13,16-18,20-21H,1-2,6-9,14-15,19H2,(H2,32,33,34,35). The van der Waals surface area contributed by atoms with Gasteiger partial charge in [0.2, 0.25) is 0 Å². The van der Waals surface area contributed by atoms with Gasteiger partial charge in [0, 0.05) is 36.8 Å². The van der Waals surface area contributed by atoms with Crippen LogP contribution in [-0.2, 0) is 4.79 Å². The number of ketones is 1. The van der Waals surface area contributed by atoms with Gasteiger partial charge in [0.05, 0.1) is 16.0 Å². The van der Waals surface area contributed by atoms with Crippen molar-refractivity contribution in [1.82, 2.24) is 19.9 Å². The number of unbranched alkanes of at least 4 members (excludes halogenated alkanes) is 3. The Morgan fingerprint density at radius 2 is 1.97 bits per heavy atom. The molecule has 1 atom stereocenters. The van der Waals surface area contributed by atoms with E-state index in [9.17, 15) is 9.59 Å². The number of ether oxygens (including phenoxy) is 1. The van der Waals surface area contributed by atoms with E-state index in [0.29, 0.717) is 50.9 Å². The second-order valence-electron chi connectivity index (χ2n) is 9.83. The first kappa shape index (κ1) is 26.8. The van der Waals surface area contributed by atoms with E-state index >= 15 is 0 Å². The van der Waals surface area contributed by atoms with E-state index in [1.165, 1.54) is 6.33 Å². The number of halogens is 1. The third-order valence-electron chi connectivity index (χ3n) is 7.02. The van der Waals surface area contributed by atoms with Crippen LogP contribution < -0.4 is 10.1 Å². The Bertz CT molecular complexity index is 1420. The molecule has 2 aromatic carbocycles. The molecule has 202 valence electrons. The number of hydrogen-bond donors (Lipinski definition) is 2. The minimum Gasteiger partial charge on any atom is -0.457 e. The summed E-state index contributed by atoms with van der Waals surface area (Å²) in [7, 11) is 0. The summed E-state index contributed by atoms with van der Waals surface area (Å²) in [6.07, 6.45) is 10.0. The fourth-order valence-corrected chi connectivity index (χ4v) is 5.33. The first-order chi connectivity index (χ1) is 19.1. The molecular weight excluding hydrogens is 514 g/mol. The number of fused-ring (bicyclic) bond motifs is 1. The van der Waals surface area contributed by atoms with E-state index < -0.39 is 0 Å². The molecular formula is C30H32ClN5O3. The number of aldehydes is 1. The molecule has 5 rings (SSSR count). The number of nitrogens with one attached hydrogen (secondary N) is 2. The van der Waals surface area contributed by atoms with Gasteiger partial charge in [0.15, 0.2) is 5.78 Å². The first-order valence-corrected chi connectivity index (χ1v) is 13.8. The lowest BCUT2D eigenvalue weighted by atomic mass is 10.0. The van der Waals surface area contributed by atoms with Crippen LogP contribution in [0.4, 0.5) is 5.82 Å². The summed E-state index contributed by atoms with van der Waals surface area (Å²) in [5, 5.41) is 4.56. The number of carbonyl (C=O) groups excluding carboxylic acids is 2. The Labute approximate surface area is 232 Å². The zero-order valence-electron chi connectivity index (χ0n) is 21.7. The van der Waals surface area contributed by atoms with Crippen LogP contribution in [0.3, 0.4) is 0 Å². The van der Waals surface area contributed by atoms with E-state index in [1.807, 2.05) is 30.3 Å². The van der Waals surface area contributed by atoms with Gasteiger partial charge in [-0.25, -0.2) is 9.97 Å². The van der Waals surface area contributed by atoms with Crippen LogP contribution in [0.2, 0.25) is 5.02 Å². The van der Waals surface area contributed by atoms with Gasteiger partial charge in [-0.1, -0.05) is 36.2 Å². The Morgan fingerprint density at radius 3 is 2.79 bits per heavy atom. The number of para-hydroxylation sites is 1. The maximum atomic E-state index is 13.6. The van der Waals surface area contributed by atoms with E-state index in [-0.39, 0.29) is 11.8 Å². The number of H-pyrrole nitrogens is 1. The normalized spacial score (nSPS) is 15.8. The summed E-state index contributed by atoms with van der Waals surface area (Å²) in [4.78, 5) is 38.6. The summed E-state index contributed by atoms with van der Waals surface area (Å²) in [6, 6.07) is 14.7. The molecule has 1 fully saturated rings. The number of piperidine rings is 1. The molecule has 0 bridgehead atoms. The van der Waals surface area contributed by atoms with E-state index in [0.717, 1.165) is 58.0 Å². The van der Waals surface area contributed by atoms with Crippen molar-refractivity contribution in [1.29, 1.82) is 0 Å². The number of likely N-dealkylation sites (tertiary alicyclic amines) is 1. The second-order valence-corrected chi connectivity index (χ2v) is 10.2. The van der Waals surface area contributed by atoms with Gasteiger partial charge in [-0.3, -0.25) is 4.79 Å². The number of aromatic nitrogens is 3. The highest BCUT2D eigenvalue weighted by molar-refractivity contribution is 6.35. The first-order valence-electron chi connectivity index (χ1n) is 13.4. The third kappa shape index (κ3) is 6.64. The maximum Gasteiger partial charge on any atom is 0.196 e. The Kier molecular flexibility index (Phi) is 8.85. The molecule has 1 unspecified atom stereocenters. The molecule has 1 saturated heterocycles. The molecule has 0 spiro atoms.